The van der Waals surface area contributed by atoms with Gasteiger partial charge in [-0.05, 0) is 24.6 Å². The van der Waals surface area contributed by atoms with Gasteiger partial charge in [0.1, 0.15) is 5.82 Å². The highest BCUT2D eigenvalue weighted by atomic mass is 32.1. The standard InChI is InChI=1S/C12H13FN2S/c1-7-5-14-6-9(7)12-15-10-4-8(13)2-3-11(10)16-12/h2-4,7,9,14H,5-6H2,1H3/t7-,9-/m1/s1. The monoisotopic (exact) mass is 236 g/mol. The molecule has 16 heavy (non-hydrogen) atoms. The van der Waals surface area contributed by atoms with Crippen molar-refractivity contribution in [2.75, 3.05) is 13.1 Å². The van der Waals surface area contributed by atoms with Gasteiger partial charge in [-0.25, -0.2) is 9.37 Å². The molecule has 3 rings (SSSR count). The number of hydrogen-bond acceptors (Lipinski definition) is 3. The van der Waals surface area contributed by atoms with Gasteiger partial charge < -0.3 is 5.32 Å². The van der Waals surface area contributed by atoms with Crippen LogP contribution in [0.3, 0.4) is 0 Å². The Labute approximate surface area is 97.5 Å². The van der Waals surface area contributed by atoms with Gasteiger partial charge in [0.05, 0.1) is 15.2 Å². The molecule has 0 saturated carbocycles. The molecule has 2 nitrogen and oxygen atoms in total. The number of aromatic nitrogens is 1. The molecule has 1 aliphatic heterocycles. The van der Waals surface area contributed by atoms with E-state index in [4.69, 9.17) is 0 Å². The molecule has 84 valence electrons. The van der Waals surface area contributed by atoms with E-state index in [0.717, 1.165) is 28.3 Å². The number of hydrogen-bond donors (Lipinski definition) is 1. The molecule has 1 aliphatic rings. The van der Waals surface area contributed by atoms with E-state index in [-0.39, 0.29) is 5.82 Å². The van der Waals surface area contributed by atoms with Crippen molar-refractivity contribution < 1.29 is 4.39 Å². The maximum Gasteiger partial charge on any atom is 0.125 e. The number of thiazole rings is 1. The summed E-state index contributed by atoms with van der Waals surface area (Å²) in [6, 6.07) is 4.84. The molecular formula is C12H13FN2S. The van der Waals surface area contributed by atoms with Gasteiger partial charge in [-0.15, -0.1) is 11.3 Å². The molecule has 1 fully saturated rings. The lowest BCUT2D eigenvalue weighted by Gasteiger charge is -2.09. The van der Waals surface area contributed by atoms with Gasteiger partial charge in [0, 0.05) is 18.5 Å². The topological polar surface area (TPSA) is 24.9 Å². The molecule has 0 aliphatic carbocycles. The predicted molar refractivity (Wildman–Crippen MR) is 64.4 cm³/mol. The fraction of sp³-hybridized carbons (Fsp3) is 0.417. The lowest BCUT2D eigenvalue weighted by Crippen LogP contribution is -2.07. The lowest BCUT2D eigenvalue weighted by molar-refractivity contribution is 0.570. The van der Waals surface area contributed by atoms with Crippen LogP contribution in [0.1, 0.15) is 17.8 Å². The summed E-state index contributed by atoms with van der Waals surface area (Å²) in [6.07, 6.45) is 0. The van der Waals surface area contributed by atoms with E-state index in [9.17, 15) is 4.39 Å². The minimum Gasteiger partial charge on any atom is -0.316 e. The fourth-order valence-corrected chi connectivity index (χ4v) is 3.40. The zero-order chi connectivity index (χ0) is 11.1. The molecule has 1 saturated heterocycles. The lowest BCUT2D eigenvalue weighted by atomic mass is 9.99. The Hall–Kier alpha value is -1.00. The second-order valence-electron chi connectivity index (χ2n) is 4.41. The molecule has 0 spiro atoms. The van der Waals surface area contributed by atoms with Gasteiger partial charge in [-0.1, -0.05) is 6.92 Å². The van der Waals surface area contributed by atoms with Crippen LogP contribution in [-0.2, 0) is 0 Å². The predicted octanol–water partition coefficient (Wildman–Crippen LogP) is 2.76. The third kappa shape index (κ3) is 1.62. The van der Waals surface area contributed by atoms with E-state index in [1.807, 2.05) is 6.07 Å². The van der Waals surface area contributed by atoms with Crippen molar-refractivity contribution in [3.8, 4) is 0 Å². The van der Waals surface area contributed by atoms with Crippen LogP contribution in [0.2, 0.25) is 0 Å². The van der Waals surface area contributed by atoms with Crippen molar-refractivity contribution in [2.45, 2.75) is 12.8 Å². The number of rotatable bonds is 1. The Bertz CT molecular complexity index is 523. The zero-order valence-corrected chi connectivity index (χ0v) is 9.85. The van der Waals surface area contributed by atoms with Crippen molar-refractivity contribution in [2.24, 2.45) is 5.92 Å². The number of benzene rings is 1. The van der Waals surface area contributed by atoms with Gasteiger partial charge >= 0.3 is 0 Å². The number of fused-ring (bicyclic) bond motifs is 1. The average molecular weight is 236 g/mol. The Balaban J connectivity index is 2.04. The van der Waals surface area contributed by atoms with E-state index in [0.29, 0.717) is 11.8 Å². The summed E-state index contributed by atoms with van der Waals surface area (Å²) in [5.41, 5.74) is 0.791. The second kappa shape index (κ2) is 3.79. The summed E-state index contributed by atoms with van der Waals surface area (Å²) in [7, 11) is 0. The van der Waals surface area contributed by atoms with Gasteiger partial charge in [-0.3, -0.25) is 0 Å². The van der Waals surface area contributed by atoms with E-state index in [1.54, 1.807) is 11.3 Å². The normalized spacial score (nSPS) is 25.4. The van der Waals surface area contributed by atoms with Gasteiger partial charge in [0.25, 0.3) is 0 Å². The average Bonchev–Trinajstić information content (AvgIpc) is 2.82. The number of nitrogens with one attached hydrogen (secondary N) is 1. The van der Waals surface area contributed by atoms with Crippen molar-refractivity contribution in [1.82, 2.24) is 10.3 Å². The second-order valence-corrected chi connectivity index (χ2v) is 5.47. The first-order valence-corrected chi connectivity index (χ1v) is 6.32. The third-order valence-corrected chi connectivity index (χ3v) is 4.37. The van der Waals surface area contributed by atoms with Gasteiger partial charge in [0.15, 0.2) is 0 Å². The van der Waals surface area contributed by atoms with Crippen molar-refractivity contribution in [1.29, 1.82) is 0 Å². The molecule has 4 heteroatoms. The number of halogens is 1. The highest BCUT2D eigenvalue weighted by Crippen LogP contribution is 2.33. The van der Waals surface area contributed by atoms with Crippen molar-refractivity contribution >= 4 is 21.6 Å². The Morgan fingerprint density at radius 2 is 2.31 bits per heavy atom. The molecule has 1 aromatic heterocycles. The Morgan fingerprint density at radius 1 is 1.44 bits per heavy atom. The van der Waals surface area contributed by atoms with Crippen LogP contribution in [0.25, 0.3) is 10.2 Å². The van der Waals surface area contributed by atoms with Crippen LogP contribution in [0.5, 0.6) is 0 Å². The summed E-state index contributed by atoms with van der Waals surface area (Å²) in [4.78, 5) is 4.54. The zero-order valence-electron chi connectivity index (χ0n) is 9.03. The first-order chi connectivity index (χ1) is 7.74. The van der Waals surface area contributed by atoms with Crippen LogP contribution >= 0.6 is 11.3 Å². The smallest absolute Gasteiger partial charge is 0.125 e. The van der Waals surface area contributed by atoms with Crippen LogP contribution in [-0.4, -0.2) is 18.1 Å². The summed E-state index contributed by atoms with van der Waals surface area (Å²) in [6.45, 7) is 4.27. The molecule has 2 aromatic rings. The molecule has 0 bridgehead atoms. The summed E-state index contributed by atoms with van der Waals surface area (Å²) in [5.74, 6) is 0.896. The van der Waals surface area contributed by atoms with Gasteiger partial charge in [-0.2, -0.15) is 0 Å². The molecule has 0 unspecified atom stereocenters. The van der Waals surface area contributed by atoms with E-state index >= 15 is 0 Å². The molecule has 0 radical (unpaired) electrons. The fourth-order valence-electron chi connectivity index (χ4n) is 2.22. The summed E-state index contributed by atoms with van der Waals surface area (Å²) >= 11 is 1.69. The summed E-state index contributed by atoms with van der Waals surface area (Å²) in [5, 5.41) is 4.51. The molecule has 1 N–H and O–H groups in total. The number of nitrogens with zero attached hydrogens (tertiary/aromatic N) is 1. The van der Waals surface area contributed by atoms with Crippen LogP contribution < -0.4 is 5.32 Å². The van der Waals surface area contributed by atoms with Crippen LogP contribution in [0.4, 0.5) is 4.39 Å². The molecule has 2 atom stereocenters. The first-order valence-electron chi connectivity index (χ1n) is 5.51. The van der Waals surface area contributed by atoms with E-state index in [2.05, 4.69) is 17.2 Å². The van der Waals surface area contributed by atoms with Crippen LogP contribution in [0, 0.1) is 11.7 Å². The Kier molecular flexibility index (Phi) is 2.41. The largest absolute Gasteiger partial charge is 0.316 e. The maximum atomic E-state index is 13.1. The third-order valence-electron chi connectivity index (χ3n) is 3.20. The molecular weight excluding hydrogens is 223 g/mol. The van der Waals surface area contributed by atoms with E-state index < -0.39 is 0 Å². The Morgan fingerprint density at radius 3 is 3.06 bits per heavy atom. The maximum absolute atomic E-state index is 13.1. The molecule has 0 amide bonds. The molecule has 1 aromatic carbocycles. The van der Waals surface area contributed by atoms with Gasteiger partial charge in [0.2, 0.25) is 0 Å². The highest BCUT2D eigenvalue weighted by Gasteiger charge is 2.27. The van der Waals surface area contributed by atoms with Crippen LogP contribution in [0.15, 0.2) is 18.2 Å². The highest BCUT2D eigenvalue weighted by molar-refractivity contribution is 7.18. The van der Waals surface area contributed by atoms with E-state index in [1.165, 1.54) is 12.1 Å². The van der Waals surface area contributed by atoms with Crippen molar-refractivity contribution in [3.63, 3.8) is 0 Å². The minimum absolute atomic E-state index is 0.207. The van der Waals surface area contributed by atoms with Crippen molar-refractivity contribution in [3.05, 3.63) is 29.0 Å². The quantitative estimate of drug-likeness (QED) is 0.823. The summed E-state index contributed by atoms with van der Waals surface area (Å²) < 4.78 is 14.1. The SMILES string of the molecule is C[C@@H]1CNC[C@H]1c1nc2cc(F)ccc2s1. The minimum atomic E-state index is -0.207. The molecule has 2 heterocycles. The first kappa shape index (κ1) is 10.2.